The monoisotopic (exact) mass is 360 g/mol. The van der Waals surface area contributed by atoms with E-state index in [1.54, 1.807) is 25.6 Å². The van der Waals surface area contributed by atoms with E-state index in [2.05, 4.69) is 5.10 Å². The highest BCUT2D eigenvalue weighted by atomic mass is 32.2. The fourth-order valence-electron chi connectivity index (χ4n) is 2.32. The van der Waals surface area contributed by atoms with Crippen LogP contribution >= 0.6 is 23.1 Å². The van der Waals surface area contributed by atoms with Crippen LogP contribution in [0.2, 0.25) is 0 Å². The van der Waals surface area contributed by atoms with Crippen LogP contribution < -0.4 is 0 Å². The molecule has 0 fully saturated rings. The van der Waals surface area contributed by atoms with Gasteiger partial charge in [-0.2, -0.15) is 5.10 Å². The van der Waals surface area contributed by atoms with Crippen molar-refractivity contribution in [1.82, 2.24) is 9.61 Å². The number of fused-ring (bicyclic) bond motifs is 1. The normalized spacial score (nSPS) is 10.9. The van der Waals surface area contributed by atoms with Crippen LogP contribution in [0.25, 0.3) is 4.83 Å². The van der Waals surface area contributed by atoms with Crippen LogP contribution in [0, 0.1) is 6.92 Å². The molecule has 0 aliphatic carbocycles. The van der Waals surface area contributed by atoms with Crippen LogP contribution in [0.5, 0.6) is 0 Å². The van der Waals surface area contributed by atoms with Gasteiger partial charge in [0.2, 0.25) is 0 Å². The molecule has 7 heteroatoms. The minimum atomic E-state index is -0.417. The predicted octanol–water partition coefficient (Wildman–Crippen LogP) is 3.99. The first-order valence-electron chi connectivity index (χ1n) is 7.46. The number of aromatic nitrogens is 2. The zero-order valence-electron chi connectivity index (χ0n) is 13.3. The van der Waals surface area contributed by atoms with Gasteiger partial charge in [-0.15, -0.1) is 23.1 Å². The summed E-state index contributed by atoms with van der Waals surface area (Å²) in [4.78, 5) is 24.4. The lowest BCUT2D eigenvalue weighted by molar-refractivity contribution is 0.0513. The molecule has 24 heavy (non-hydrogen) atoms. The summed E-state index contributed by atoms with van der Waals surface area (Å²) in [7, 11) is 0. The molecule has 0 radical (unpaired) electrons. The number of carbonyl (C=O) groups excluding carboxylic acids is 2. The summed E-state index contributed by atoms with van der Waals surface area (Å²) < 4.78 is 7.52. The van der Waals surface area contributed by atoms with E-state index in [-0.39, 0.29) is 0 Å². The topological polar surface area (TPSA) is 60.7 Å². The van der Waals surface area contributed by atoms with Crippen LogP contribution in [-0.4, -0.2) is 28.5 Å². The Morgan fingerprint density at radius 1 is 1.38 bits per heavy atom. The lowest BCUT2D eigenvalue weighted by Gasteiger charge is -2.04. The Kier molecular flexibility index (Phi) is 5.01. The van der Waals surface area contributed by atoms with Crippen molar-refractivity contribution in [1.29, 1.82) is 0 Å². The SMILES string of the molecule is CCOC(=O)c1c(SCc2ccccc2)sc2c(C=O)c(C)nn12. The molecule has 0 aliphatic rings. The van der Waals surface area contributed by atoms with E-state index in [1.165, 1.54) is 15.9 Å². The van der Waals surface area contributed by atoms with Crippen LogP contribution in [0.3, 0.4) is 0 Å². The molecule has 0 amide bonds. The second-order valence-electron chi connectivity index (χ2n) is 5.07. The van der Waals surface area contributed by atoms with E-state index < -0.39 is 5.97 Å². The summed E-state index contributed by atoms with van der Waals surface area (Å²) >= 11 is 2.95. The smallest absolute Gasteiger partial charge is 0.359 e. The average Bonchev–Trinajstić information content (AvgIpc) is 3.07. The number of ether oxygens (including phenoxy) is 1. The third kappa shape index (κ3) is 3.09. The second kappa shape index (κ2) is 7.19. The van der Waals surface area contributed by atoms with Gasteiger partial charge in [0.05, 0.1) is 22.1 Å². The molecule has 0 saturated heterocycles. The van der Waals surface area contributed by atoms with Crippen LogP contribution in [-0.2, 0) is 10.5 Å². The number of hydrogen-bond acceptors (Lipinski definition) is 6. The number of rotatable bonds is 6. The van der Waals surface area contributed by atoms with E-state index in [4.69, 9.17) is 4.74 Å². The van der Waals surface area contributed by atoms with E-state index in [1.807, 2.05) is 30.3 Å². The number of thioether (sulfide) groups is 1. The van der Waals surface area contributed by atoms with Crippen molar-refractivity contribution in [2.45, 2.75) is 23.8 Å². The van der Waals surface area contributed by atoms with Gasteiger partial charge in [-0.3, -0.25) is 4.79 Å². The van der Waals surface area contributed by atoms with Crippen molar-refractivity contribution in [2.75, 3.05) is 6.61 Å². The Labute approximate surface area is 147 Å². The van der Waals surface area contributed by atoms with Crippen molar-refractivity contribution in [3.8, 4) is 0 Å². The number of benzene rings is 1. The first-order chi connectivity index (χ1) is 11.7. The van der Waals surface area contributed by atoms with E-state index in [9.17, 15) is 9.59 Å². The van der Waals surface area contributed by atoms with E-state index in [0.29, 0.717) is 28.4 Å². The van der Waals surface area contributed by atoms with Gasteiger partial charge in [-0.05, 0) is 19.4 Å². The fraction of sp³-hybridized carbons (Fsp3) is 0.235. The summed E-state index contributed by atoms with van der Waals surface area (Å²) in [6.45, 7) is 3.82. The maximum atomic E-state index is 12.4. The van der Waals surface area contributed by atoms with Gasteiger partial charge in [0.25, 0.3) is 0 Å². The zero-order chi connectivity index (χ0) is 17.1. The molecule has 5 nitrogen and oxygen atoms in total. The number of aryl methyl sites for hydroxylation is 1. The summed E-state index contributed by atoms with van der Waals surface area (Å²) in [5.74, 6) is 0.311. The lowest BCUT2D eigenvalue weighted by atomic mass is 10.2. The highest BCUT2D eigenvalue weighted by Crippen LogP contribution is 2.36. The van der Waals surface area contributed by atoms with Crippen LogP contribution in [0.4, 0.5) is 0 Å². The molecule has 1 aromatic carbocycles. The second-order valence-corrected chi connectivity index (χ2v) is 7.31. The highest BCUT2D eigenvalue weighted by Gasteiger charge is 2.25. The third-order valence-electron chi connectivity index (χ3n) is 3.46. The number of nitrogens with zero attached hydrogens (tertiary/aromatic N) is 2. The van der Waals surface area contributed by atoms with Crippen molar-refractivity contribution in [3.63, 3.8) is 0 Å². The van der Waals surface area contributed by atoms with Gasteiger partial charge >= 0.3 is 5.97 Å². The molecule has 0 saturated carbocycles. The standard InChI is InChI=1S/C17H16N2O3S2/c1-3-22-16(21)14-17(23-10-12-7-5-4-6-8-12)24-15-13(9-20)11(2)18-19(14)15/h4-9H,3,10H2,1-2H3. The van der Waals surface area contributed by atoms with Crippen molar-refractivity contribution >= 4 is 40.2 Å². The van der Waals surface area contributed by atoms with Gasteiger partial charge in [-0.25, -0.2) is 9.31 Å². The fourth-order valence-corrected chi connectivity index (χ4v) is 4.73. The number of aldehydes is 1. The first kappa shape index (κ1) is 16.7. The number of esters is 1. The summed E-state index contributed by atoms with van der Waals surface area (Å²) in [6.07, 6.45) is 0.786. The van der Waals surface area contributed by atoms with Crippen LogP contribution in [0.1, 0.15) is 39.0 Å². The Bertz CT molecular complexity index is 884. The average molecular weight is 360 g/mol. The Balaban J connectivity index is 2.01. The molecule has 2 aromatic heterocycles. The molecule has 0 bridgehead atoms. The summed E-state index contributed by atoms with van der Waals surface area (Å²) in [5, 5.41) is 4.34. The number of carbonyl (C=O) groups is 2. The number of thiazole rings is 1. The Morgan fingerprint density at radius 3 is 2.79 bits per heavy atom. The predicted molar refractivity (Wildman–Crippen MR) is 95.2 cm³/mol. The molecule has 0 N–H and O–H groups in total. The maximum absolute atomic E-state index is 12.4. The molecule has 3 aromatic rings. The maximum Gasteiger partial charge on any atom is 0.359 e. The molecule has 0 spiro atoms. The third-order valence-corrected chi connectivity index (χ3v) is 5.96. The number of hydrogen-bond donors (Lipinski definition) is 0. The summed E-state index contributed by atoms with van der Waals surface area (Å²) in [5.41, 5.74) is 2.70. The Morgan fingerprint density at radius 2 is 2.12 bits per heavy atom. The minimum Gasteiger partial charge on any atom is -0.461 e. The molecule has 2 heterocycles. The zero-order valence-corrected chi connectivity index (χ0v) is 14.9. The lowest BCUT2D eigenvalue weighted by Crippen LogP contribution is -2.09. The van der Waals surface area contributed by atoms with Crippen molar-refractivity contribution in [2.24, 2.45) is 0 Å². The van der Waals surface area contributed by atoms with Gasteiger partial charge in [0, 0.05) is 5.75 Å². The first-order valence-corrected chi connectivity index (χ1v) is 9.27. The summed E-state index contributed by atoms with van der Waals surface area (Å²) in [6, 6.07) is 10.0. The van der Waals surface area contributed by atoms with Gasteiger partial charge in [0.1, 0.15) is 4.83 Å². The molecular weight excluding hydrogens is 344 g/mol. The van der Waals surface area contributed by atoms with Gasteiger partial charge in [0.15, 0.2) is 12.0 Å². The molecule has 124 valence electrons. The van der Waals surface area contributed by atoms with Gasteiger partial charge < -0.3 is 4.74 Å². The van der Waals surface area contributed by atoms with Crippen molar-refractivity contribution < 1.29 is 14.3 Å². The highest BCUT2D eigenvalue weighted by molar-refractivity contribution is 8.00. The van der Waals surface area contributed by atoms with E-state index in [0.717, 1.165) is 21.8 Å². The Hall–Kier alpha value is -2.12. The van der Waals surface area contributed by atoms with Gasteiger partial charge in [-0.1, -0.05) is 30.3 Å². The largest absolute Gasteiger partial charge is 0.461 e. The quantitative estimate of drug-likeness (QED) is 0.378. The minimum absolute atomic E-state index is 0.291. The molecule has 0 aliphatic heterocycles. The molecule has 0 atom stereocenters. The van der Waals surface area contributed by atoms with Crippen LogP contribution in [0.15, 0.2) is 34.5 Å². The van der Waals surface area contributed by atoms with E-state index >= 15 is 0 Å². The molecule has 0 unspecified atom stereocenters. The van der Waals surface area contributed by atoms with Crippen molar-refractivity contribution in [3.05, 3.63) is 52.8 Å². The molecular formula is C17H16N2O3S2. The molecule has 3 rings (SSSR count).